The van der Waals surface area contributed by atoms with Gasteiger partial charge in [-0.15, -0.1) is 0 Å². The molecule has 2 heterocycles. The minimum Gasteiger partial charge on any atom is -0.495 e. The van der Waals surface area contributed by atoms with Crippen LogP contribution in [0.15, 0.2) is 36.8 Å². The van der Waals surface area contributed by atoms with E-state index in [-0.39, 0.29) is 17.0 Å². The van der Waals surface area contributed by atoms with E-state index in [4.69, 9.17) is 4.74 Å². The summed E-state index contributed by atoms with van der Waals surface area (Å²) in [6, 6.07) is 5.27. The Labute approximate surface area is 196 Å². The number of para-hydroxylation sites is 1. The highest BCUT2D eigenvalue weighted by Gasteiger charge is 2.35. The Morgan fingerprint density at radius 3 is 2.56 bits per heavy atom. The third-order valence-electron chi connectivity index (χ3n) is 4.76. The first-order valence-electron chi connectivity index (χ1n) is 10.0. The van der Waals surface area contributed by atoms with Gasteiger partial charge in [0.1, 0.15) is 17.8 Å². The summed E-state index contributed by atoms with van der Waals surface area (Å²) >= 11 is 0. The zero-order valence-corrected chi connectivity index (χ0v) is 19.6. The molecule has 0 aliphatic rings. The van der Waals surface area contributed by atoms with Crippen LogP contribution in [0.25, 0.3) is 11.3 Å². The van der Waals surface area contributed by atoms with Crippen LogP contribution in [-0.4, -0.2) is 32.9 Å². The average molecular weight is 492 g/mol. The Bertz CT molecular complexity index is 1330. The molecular weight excluding hydrogens is 469 g/mol. The van der Waals surface area contributed by atoms with Crippen molar-refractivity contribution in [1.29, 1.82) is 0 Å². The maximum atomic E-state index is 13.5. The summed E-state index contributed by atoms with van der Waals surface area (Å²) in [6.07, 6.45) is -0.262. The van der Waals surface area contributed by atoms with Gasteiger partial charge in [0.2, 0.25) is 0 Å². The normalized spacial score (nSPS) is 12.9. The second kappa shape index (κ2) is 9.79. The minimum absolute atomic E-state index is 0.133. The van der Waals surface area contributed by atoms with Crippen LogP contribution in [0.3, 0.4) is 0 Å². The fraction of sp³-hybridized carbons (Fsp3) is 0.261. The van der Waals surface area contributed by atoms with Crippen LogP contribution >= 0.6 is 0 Å². The molecule has 0 aliphatic heterocycles. The number of anilines is 1. The number of halogens is 3. The lowest BCUT2D eigenvalue weighted by atomic mass is 9.99. The molecule has 0 aliphatic carbocycles. The number of aromatic nitrogens is 3. The minimum atomic E-state index is -4.62. The number of aryl methyl sites for hydroxylation is 2. The summed E-state index contributed by atoms with van der Waals surface area (Å²) in [6.45, 7) is 3.51. The van der Waals surface area contributed by atoms with E-state index in [0.717, 1.165) is 12.3 Å². The van der Waals surface area contributed by atoms with Gasteiger partial charge in [0.15, 0.2) is 6.26 Å². The summed E-state index contributed by atoms with van der Waals surface area (Å²) in [5, 5.41) is 0. The molecule has 1 atom stereocenters. The first kappa shape index (κ1) is 25.1. The van der Waals surface area contributed by atoms with E-state index < -0.39 is 22.1 Å². The number of hydrogen-bond donors (Lipinski definition) is 2. The van der Waals surface area contributed by atoms with E-state index in [2.05, 4.69) is 31.5 Å². The largest absolute Gasteiger partial charge is 0.495 e. The lowest BCUT2D eigenvalue weighted by Crippen LogP contribution is -2.18. The van der Waals surface area contributed by atoms with Gasteiger partial charge >= 0.3 is 16.6 Å². The van der Waals surface area contributed by atoms with Gasteiger partial charge in [-0.25, -0.2) is 9.97 Å². The van der Waals surface area contributed by atoms with Gasteiger partial charge in [-0.05, 0) is 35.8 Å². The van der Waals surface area contributed by atoms with Crippen molar-refractivity contribution in [3.8, 4) is 28.8 Å². The number of rotatable bonds is 5. The number of benzene rings is 1. The topological polar surface area (TPSA) is 97.2 Å². The summed E-state index contributed by atoms with van der Waals surface area (Å²) in [4.78, 5) is 12.6. The van der Waals surface area contributed by atoms with Crippen LogP contribution in [0.4, 0.5) is 18.9 Å². The van der Waals surface area contributed by atoms with E-state index in [0.29, 0.717) is 34.6 Å². The molecule has 0 spiro atoms. The smallest absolute Gasteiger partial charge is 0.419 e. The van der Waals surface area contributed by atoms with E-state index in [1.807, 2.05) is 6.92 Å². The molecule has 11 heteroatoms. The summed E-state index contributed by atoms with van der Waals surface area (Å²) in [7, 11) is -2.11. The molecule has 3 aromatic rings. The molecule has 0 radical (unpaired) electrons. The number of nitrogens with one attached hydrogen (secondary N) is 1. The summed E-state index contributed by atoms with van der Waals surface area (Å²) < 4.78 is 69.6. The predicted octanol–water partition coefficient (Wildman–Crippen LogP) is 4.77. The van der Waals surface area contributed by atoms with Crippen molar-refractivity contribution in [3.05, 3.63) is 64.9 Å². The zero-order valence-electron chi connectivity index (χ0n) is 18.8. The highest BCUT2D eigenvalue weighted by molar-refractivity contribution is 7.98. The van der Waals surface area contributed by atoms with E-state index >= 15 is 0 Å². The van der Waals surface area contributed by atoms with Crippen LogP contribution < -0.4 is 9.46 Å². The number of hydrogen-bond acceptors (Lipinski definition) is 5. The number of nitrogens with zero attached hydrogens (tertiary/aromatic N) is 3. The van der Waals surface area contributed by atoms with E-state index in [9.17, 15) is 21.9 Å². The Morgan fingerprint density at radius 1 is 1.21 bits per heavy atom. The number of methoxy groups -OCH3 is 1. The predicted molar refractivity (Wildman–Crippen MR) is 124 cm³/mol. The standard InChI is InChI=1S/C23H21F3N4O3S/c1-5-19-16(10-9-15-11-20(14(2)27-12-15)30-34(4,31)32)21(29-13-28-19)17-7-6-8-18(22(17)33-3)23(24,25)26/h6-8,11-13H,5H2,1-4H3,(H-,30,31,32)/p+1. The van der Waals surface area contributed by atoms with Crippen molar-refractivity contribution < 1.29 is 26.7 Å². The van der Waals surface area contributed by atoms with Crippen LogP contribution in [0, 0.1) is 18.8 Å². The van der Waals surface area contributed by atoms with Crippen LogP contribution in [0.1, 0.15) is 35.0 Å². The number of alkyl halides is 3. The molecule has 2 N–H and O–H groups in total. The Balaban J connectivity index is 2.18. The molecule has 3 rings (SSSR count). The molecule has 7 nitrogen and oxygen atoms in total. The molecule has 1 unspecified atom stereocenters. The van der Waals surface area contributed by atoms with Crippen LogP contribution in [0.5, 0.6) is 5.75 Å². The first-order chi connectivity index (χ1) is 15.9. The van der Waals surface area contributed by atoms with Gasteiger partial charge in [-0.2, -0.15) is 22.4 Å². The summed E-state index contributed by atoms with van der Waals surface area (Å²) in [5.74, 6) is 5.51. The molecule has 34 heavy (non-hydrogen) atoms. The number of ether oxygens (including phenoxy) is 1. The molecule has 1 aromatic carbocycles. The van der Waals surface area contributed by atoms with Crippen LogP contribution in [0.2, 0.25) is 0 Å². The van der Waals surface area contributed by atoms with Crippen molar-refractivity contribution in [2.24, 2.45) is 0 Å². The molecule has 2 aromatic heterocycles. The Kier molecular flexibility index (Phi) is 7.24. The third-order valence-corrected chi connectivity index (χ3v) is 5.36. The van der Waals surface area contributed by atoms with Gasteiger partial charge in [0, 0.05) is 17.3 Å². The Morgan fingerprint density at radius 2 is 1.94 bits per heavy atom. The highest BCUT2D eigenvalue weighted by Crippen LogP contribution is 2.42. The second-order valence-electron chi connectivity index (χ2n) is 7.29. The van der Waals surface area contributed by atoms with Crippen molar-refractivity contribution in [2.45, 2.75) is 26.4 Å². The fourth-order valence-electron chi connectivity index (χ4n) is 3.24. The zero-order chi connectivity index (χ0) is 25.1. The van der Waals surface area contributed by atoms with Gasteiger partial charge in [0.05, 0.1) is 35.3 Å². The van der Waals surface area contributed by atoms with Crippen molar-refractivity contribution in [3.63, 3.8) is 0 Å². The molecule has 0 amide bonds. The molecule has 0 saturated heterocycles. The van der Waals surface area contributed by atoms with Gasteiger partial charge in [0.25, 0.3) is 0 Å². The molecule has 0 fully saturated rings. The quantitative estimate of drug-likeness (QED) is 0.394. The fourth-order valence-corrected chi connectivity index (χ4v) is 3.85. The monoisotopic (exact) mass is 491 g/mol. The SMILES string of the molecule is CCc1ncnc(-c2cccc(C(F)(F)F)c2OC)c1C#Cc1cnc(C)c(N[S+](C)(=O)O)c1. The van der Waals surface area contributed by atoms with Gasteiger partial charge in [-0.3, -0.25) is 4.98 Å². The maximum Gasteiger partial charge on any atom is 0.419 e. The molecule has 0 saturated carbocycles. The lowest BCUT2D eigenvalue weighted by Gasteiger charge is -2.16. The average Bonchev–Trinajstić information content (AvgIpc) is 2.77. The van der Waals surface area contributed by atoms with Crippen molar-refractivity contribution >= 4 is 16.1 Å². The number of pyridine rings is 1. The Hall–Kier alpha value is -3.49. The molecule has 178 valence electrons. The van der Waals surface area contributed by atoms with Gasteiger partial charge in [-0.1, -0.05) is 24.8 Å². The first-order valence-corrected chi connectivity index (χ1v) is 11.9. The molecule has 0 bridgehead atoms. The third kappa shape index (κ3) is 5.70. The highest BCUT2D eigenvalue weighted by atomic mass is 32.3. The van der Waals surface area contributed by atoms with Crippen molar-refractivity contribution in [2.75, 3.05) is 18.1 Å². The second-order valence-corrected chi connectivity index (χ2v) is 9.10. The summed E-state index contributed by atoms with van der Waals surface area (Å²) in [5.41, 5.74) is 1.56. The maximum absolute atomic E-state index is 13.5. The molecular formula is C23H22F3N4O3S+. The van der Waals surface area contributed by atoms with Gasteiger partial charge < -0.3 is 4.74 Å². The van der Waals surface area contributed by atoms with E-state index in [1.165, 1.54) is 31.8 Å². The van der Waals surface area contributed by atoms with Crippen LogP contribution in [-0.2, 0) is 27.2 Å². The van der Waals surface area contributed by atoms with E-state index in [1.54, 1.807) is 13.0 Å². The van der Waals surface area contributed by atoms with Crippen molar-refractivity contribution in [1.82, 2.24) is 15.0 Å². The lowest BCUT2D eigenvalue weighted by molar-refractivity contribution is -0.138.